The highest BCUT2D eigenvalue weighted by molar-refractivity contribution is 7.96. The Bertz CT molecular complexity index is 67.4. The molecule has 0 saturated heterocycles. The highest BCUT2D eigenvalue weighted by atomic mass is 31.2. The highest BCUT2D eigenvalue weighted by Crippen LogP contribution is 2.53. The van der Waals surface area contributed by atoms with E-state index >= 15 is 0 Å². The molecular weight excluding hydrogens is 116 g/mol. The summed E-state index contributed by atoms with van der Waals surface area (Å²) in [6, 6.07) is 0. The van der Waals surface area contributed by atoms with E-state index in [1.54, 1.807) is 0 Å². The van der Waals surface area contributed by atoms with Crippen molar-refractivity contribution in [3.8, 4) is 0 Å². The summed E-state index contributed by atoms with van der Waals surface area (Å²) in [5.74, 6) is 0. The summed E-state index contributed by atoms with van der Waals surface area (Å²) in [4.78, 5) is 0. The Labute approximate surface area is 53.8 Å². The molecule has 3 heteroatoms. The molecule has 0 rings (SSSR count). The summed E-state index contributed by atoms with van der Waals surface area (Å²) in [6.45, 7) is 9.04. The first-order chi connectivity index (χ1) is 3.25. The van der Waals surface area contributed by atoms with Gasteiger partial charge in [0.25, 0.3) is 0 Å². The number of hydrogen-bond acceptors (Lipinski definition) is 1. The molecule has 2 N–H and O–H groups in total. The second-order valence-corrected chi connectivity index (χ2v) is 5.35. The normalized spacial score (nSPS) is 20.2. The quantitative estimate of drug-likeness (QED) is 0.379. The molecule has 0 aromatic heterocycles. The van der Waals surface area contributed by atoms with Gasteiger partial charge in [0.05, 0.1) is 0 Å². The molecule has 0 aliphatic carbocycles. The van der Waals surface area contributed by atoms with E-state index in [4.69, 9.17) is 5.50 Å². The van der Waals surface area contributed by atoms with Gasteiger partial charge in [-0.3, -0.25) is 0 Å². The van der Waals surface area contributed by atoms with Crippen LogP contribution >= 0.6 is 7.29 Å². The van der Waals surface area contributed by atoms with Gasteiger partial charge in [-0.1, -0.05) is 7.29 Å². The minimum Gasteiger partial charge on any atom is -0.249 e. The number of hydrogen-bond donors (Lipinski definition) is 1. The van der Waals surface area contributed by atoms with Gasteiger partial charge in [0, 0.05) is 11.8 Å². The summed E-state index contributed by atoms with van der Waals surface area (Å²) in [7, 11) is -0.461. The Morgan fingerprint density at radius 2 is 1.50 bits per heavy atom. The summed E-state index contributed by atoms with van der Waals surface area (Å²) in [5.41, 5.74) is 6.03. The van der Waals surface area contributed by atoms with E-state index < -0.39 is 7.29 Å². The van der Waals surface area contributed by atoms with Crippen LogP contribution in [0, 0.1) is 0 Å². The lowest BCUT2D eigenvalue weighted by Crippen LogP contribution is -2.25. The molecule has 0 saturated carbocycles. The van der Waals surface area contributed by atoms with Gasteiger partial charge in [-0.25, -0.2) is 5.50 Å². The van der Waals surface area contributed by atoms with Crippen molar-refractivity contribution < 1.29 is 0 Å². The zero-order valence-electron chi connectivity index (χ0n) is 5.52. The van der Waals surface area contributed by atoms with Crippen LogP contribution in [-0.4, -0.2) is 19.4 Å². The Morgan fingerprint density at radius 1 is 1.38 bits per heavy atom. The zero-order chi connectivity index (χ0) is 7.00. The largest absolute Gasteiger partial charge is 0.249 e. The molecular formula is C5H17BNP. The Balaban J connectivity index is 4.02. The third-order valence-electron chi connectivity index (χ3n) is 1.06. The van der Waals surface area contributed by atoms with Crippen molar-refractivity contribution in [3.05, 3.63) is 0 Å². The first-order valence-corrected chi connectivity index (χ1v) is 4.29. The Kier molecular flexibility index (Phi) is 2.12. The molecule has 0 radical (unpaired) electrons. The van der Waals surface area contributed by atoms with Crippen molar-refractivity contribution in [2.75, 3.05) is 6.66 Å². The maximum absolute atomic E-state index is 6.03. The minimum absolute atomic E-state index is 0.389. The predicted octanol–water partition coefficient (Wildman–Crippen LogP) is 0.586. The summed E-state index contributed by atoms with van der Waals surface area (Å²) in [5, 5.41) is 0.438. The van der Waals surface area contributed by atoms with Gasteiger partial charge in [0.1, 0.15) is 7.57 Å². The van der Waals surface area contributed by atoms with E-state index in [0.29, 0.717) is 12.7 Å². The molecule has 0 unspecified atom stereocenters. The first-order valence-electron chi connectivity index (χ1n) is 2.43. The van der Waals surface area contributed by atoms with Crippen LogP contribution in [0.3, 0.4) is 0 Å². The van der Waals surface area contributed by atoms with Crippen LogP contribution in [0.25, 0.3) is 0 Å². The molecule has 1 atom stereocenters. The fraction of sp³-hybridized carbons (Fsp3) is 1.00. The molecule has 8 heavy (non-hydrogen) atoms. The van der Waals surface area contributed by atoms with Crippen LogP contribution in [0.4, 0.5) is 0 Å². The van der Waals surface area contributed by atoms with Crippen LogP contribution in [0.15, 0.2) is 0 Å². The van der Waals surface area contributed by atoms with Crippen molar-refractivity contribution in [1.82, 2.24) is 0 Å². The SMILES string of the molecule is [BH3-][P@@+](C)(N)C(C)(C)C. The fourth-order valence-corrected chi connectivity index (χ4v) is 0. The van der Waals surface area contributed by atoms with Gasteiger partial charge in [0.15, 0.2) is 0 Å². The van der Waals surface area contributed by atoms with Crippen LogP contribution < -0.4 is 5.50 Å². The van der Waals surface area contributed by atoms with E-state index in [9.17, 15) is 0 Å². The van der Waals surface area contributed by atoms with E-state index in [1.165, 1.54) is 0 Å². The summed E-state index contributed by atoms with van der Waals surface area (Å²) in [6.07, 6.45) is 0. The summed E-state index contributed by atoms with van der Waals surface area (Å²) >= 11 is 0. The first kappa shape index (κ1) is 8.45. The molecule has 0 heterocycles. The van der Waals surface area contributed by atoms with Gasteiger partial charge in [0.2, 0.25) is 0 Å². The lowest BCUT2D eigenvalue weighted by molar-refractivity contribution is 0.781. The number of nitrogens with two attached hydrogens (primary N) is 1. The van der Waals surface area contributed by atoms with Crippen LogP contribution in [0.2, 0.25) is 0 Å². The molecule has 50 valence electrons. The third kappa shape index (κ3) is 2.15. The van der Waals surface area contributed by atoms with Crippen molar-refractivity contribution in [2.45, 2.75) is 25.9 Å². The Hall–Kier alpha value is 0.455. The van der Waals surface area contributed by atoms with Crippen LogP contribution in [0.1, 0.15) is 20.8 Å². The molecule has 0 aromatic carbocycles. The monoisotopic (exact) mass is 133 g/mol. The van der Waals surface area contributed by atoms with E-state index in [0.717, 1.165) is 0 Å². The molecule has 0 spiro atoms. The fourth-order valence-electron chi connectivity index (χ4n) is 0. The van der Waals surface area contributed by atoms with E-state index in [-0.39, 0.29) is 0 Å². The van der Waals surface area contributed by atoms with Gasteiger partial charge in [-0.05, 0) is 20.8 Å². The average Bonchev–Trinajstić information content (AvgIpc) is 1.25. The molecule has 1 nitrogen and oxygen atoms in total. The van der Waals surface area contributed by atoms with Gasteiger partial charge >= 0.3 is 0 Å². The van der Waals surface area contributed by atoms with Crippen molar-refractivity contribution in [3.63, 3.8) is 0 Å². The molecule has 0 amide bonds. The maximum atomic E-state index is 6.03. The van der Waals surface area contributed by atoms with Crippen LogP contribution in [0.5, 0.6) is 0 Å². The predicted molar refractivity (Wildman–Crippen MR) is 46.7 cm³/mol. The molecule has 0 bridgehead atoms. The van der Waals surface area contributed by atoms with Gasteiger partial charge in [-0.15, -0.1) is 0 Å². The average molecular weight is 133 g/mol. The van der Waals surface area contributed by atoms with Gasteiger partial charge < -0.3 is 0 Å². The molecule has 0 fully saturated rings. The standard InChI is InChI=1S/C5H17BNP/c1-5(2,3)8(4,6)7/h7H2,1-4,6H3/t8-/m0/s1. The van der Waals surface area contributed by atoms with Crippen LogP contribution in [-0.2, 0) is 0 Å². The molecule has 0 aliphatic heterocycles. The maximum Gasteiger partial charge on any atom is 0.145 e. The van der Waals surface area contributed by atoms with E-state index in [1.807, 2.05) is 0 Å². The second-order valence-electron chi connectivity index (χ2n) is 2.78. The van der Waals surface area contributed by atoms with Crippen molar-refractivity contribution in [1.29, 1.82) is 0 Å². The van der Waals surface area contributed by atoms with Crippen molar-refractivity contribution in [2.24, 2.45) is 5.50 Å². The lowest BCUT2D eigenvalue weighted by atomic mass is 10.3. The third-order valence-corrected chi connectivity index (χ3v) is 3.17. The highest BCUT2D eigenvalue weighted by Gasteiger charge is 2.28. The van der Waals surface area contributed by atoms with Crippen molar-refractivity contribution >= 4 is 14.9 Å². The topological polar surface area (TPSA) is 26.0 Å². The minimum atomic E-state index is -0.850. The zero-order valence-corrected chi connectivity index (χ0v) is 6.42. The Morgan fingerprint density at radius 3 is 1.50 bits per heavy atom. The van der Waals surface area contributed by atoms with Gasteiger partial charge in [-0.2, -0.15) is 0 Å². The van der Waals surface area contributed by atoms with E-state index in [2.05, 4.69) is 27.4 Å². The molecule has 0 aromatic rings. The molecule has 0 aliphatic rings. The summed E-state index contributed by atoms with van der Waals surface area (Å²) < 4.78 is 0. The number of rotatable bonds is 0. The lowest BCUT2D eigenvalue weighted by Gasteiger charge is -2.33. The smallest absolute Gasteiger partial charge is 0.145 e. The second kappa shape index (κ2) is 2.00.